The number of hydrogen-bond donors (Lipinski definition) is 1. The molecule has 0 atom stereocenters. The quantitative estimate of drug-likeness (QED) is 0.776. The summed E-state index contributed by atoms with van der Waals surface area (Å²) < 4.78 is 0. The number of hydrogen-bond acceptors (Lipinski definition) is 2. The fourth-order valence-electron chi connectivity index (χ4n) is 2.30. The molecule has 0 bridgehead atoms. The Hall–Kier alpha value is -0.0800. The van der Waals surface area contributed by atoms with E-state index in [2.05, 4.69) is 32.6 Å². The minimum Gasteiger partial charge on any atom is -0.330 e. The zero-order valence-corrected chi connectivity index (χ0v) is 11.0. The summed E-state index contributed by atoms with van der Waals surface area (Å²) in [5, 5.41) is 0. The molecule has 2 nitrogen and oxygen atoms in total. The Kier molecular flexibility index (Phi) is 4.19. The van der Waals surface area contributed by atoms with E-state index in [9.17, 15) is 0 Å². The van der Waals surface area contributed by atoms with Gasteiger partial charge in [-0.05, 0) is 49.7 Å². The Morgan fingerprint density at radius 1 is 1.33 bits per heavy atom. The van der Waals surface area contributed by atoms with Crippen molar-refractivity contribution in [1.29, 1.82) is 0 Å². The molecule has 1 heterocycles. The molecular formula is C13H28N2. The highest BCUT2D eigenvalue weighted by atomic mass is 15.1. The van der Waals surface area contributed by atoms with Crippen LogP contribution in [0.15, 0.2) is 0 Å². The van der Waals surface area contributed by atoms with Gasteiger partial charge in [0.15, 0.2) is 0 Å². The van der Waals surface area contributed by atoms with E-state index in [1.165, 1.54) is 38.9 Å². The molecule has 1 rings (SSSR count). The summed E-state index contributed by atoms with van der Waals surface area (Å²) in [6.45, 7) is 13.8. The van der Waals surface area contributed by atoms with Crippen LogP contribution in [-0.2, 0) is 0 Å². The van der Waals surface area contributed by atoms with Crippen molar-refractivity contribution < 1.29 is 0 Å². The molecule has 2 N–H and O–H groups in total. The lowest BCUT2D eigenvalue weighted by Crippen LogP contribution is -2.42. The van der Waals surface area contributed by atoms with Gasteiger partial charge in [0.2, 0.25) is 0 Å². The highest BCUT2D eigenvalue weighted by molar-refractivity contribution is 4.81. The molecule has 0 aliphatic carbocycles. The first-order valence-electron chi connectivity index (χ1n) is 6.27. The maximum atomic E-state index is 5.76. The van der Waals surface area contributed by atoms with Gasteiger partial charge in [-0.3, -0.25) is 0 Å². The van der Waals surface area contributed by atoms with Gasteiger partial charge in [0.1, 0.15) is 0 Å². The van der Waals surface area contributed by atoms with E-state index in [4.69, 9.17) is 5.73 Å². The number of nitrogens with zero attached hydrogens (tertiary/aromatic N) is 1. The fourth-order valence-corrected chi connectivity index (χ4v) is 2.30. The average Bonchev–Trinajstić information content (AvgIpc) is 2.14. The molecule has 0 saturated carbocycles. The van der Waals surface area contributed by atoms with Crippen LogP contribution in [0.5, 0.6) is 0 Å². The molecule has 1 fully saturated rings. The maximum absolute atomic E-state index is 5.76. The molecule has 0 spiro atoms. The van der Waals surface area contributed by atoms with Gasteiger partial charge in [-0.1, -0.05) is 27.7 Å². The van der Waals surface area contributed by atoms with E-state index in [0.29, 0.717) is 10.8 Å². The molecular weight excluding hydrogens is 184 g/mol. The normalized spacial score (nSPS) is 23.0. The van der Waals surface area contributed by atoms with E-state index < -0.39 is 0 Å². The molecule has 90 valence electrons. The van der Waals surface area contributed by atoms with Crippen LogP contribution in [0.3, 0.4) is 0 Å². The van der Waals surface area contributed by atoms with Crippen LogP contribution >= 0.6 is 0 Å². The third-order valence-corrected chi connectivity index (χ3v) is 3.64. The van der Waals surface area contributed by atoms with Crippen molar-refractivity contribution in [2.45, 2.75) is 47.0 Å². The van der Waals surface area contributed by atoms with Crippen LogP contribution < -0.4 is 5.73 Å². The van der Waals surface area contributed by atoms with Gasteiger partial charge >= 0.3 is 0 Å². The second-order valence-electron chi connectivity index (χ2n) is 6.66. The van der Waals surface area contributed by atoms with Crippen molar-refractivity contribution in [2.75, 3.05) is 26.2 Å². The van der Waals surface area contributed by atoms with Crippen molar-refractivity contribution >= 4 is 0 Å². The van der Waals surface area contributed by atoms with Gasteiger partial charge in [-0.25, -0.2) is 0 Å². The third-order valence-electron chi connectivity index (χ3n) is 3.64. The van der Waals surface area contributed by atoms with Crippen molar-refractivity contribution in [3.63, 3.8) is 0 Å². The first-order chi connectivity index (χ1) is 6.85. The standard InChI is InChI=1S/C13H28N2/c1-12(2,10-14)7-9-15-8-5-6-13(3,4)11-15/h5-11,14H2,1-4H3. The molecule has 15 heavy (non-hydrogen) atoms. The fraction of sp³-hybridized carbons (Fsp3) is 1.00. The van der Waals surface area contributed by atoms with Gasteiger partial charge in [-0.15, -0.1) is 0 Å². The summed E-state index contributed by atoms with van der Waals surface area (Å²) >= 11 is 0. The molecule has 0 unspecified atom stereocenters. The number of likely N-dealkylation sites (tertiary alicyclic amines) is 1. The lowest BCUT2D eigenvalue weighted by molar-refractivity contribution is 0.105. The van der Waals surface area contributed by atoms with Crippen molar-refractivity contribution in [1.82, 2.24) is 4.90 Å². The van der Waals surface area contributed by atoms with Crippen LogP contribution in [0, 0.1) is 10.8 Å². The summed E-state index contributed by atoms with van der Waals surface area (Å²) in [7, 11) is 0. The minimum absolute atomic E-state index is 0.307. The zero-order valence-electron chi connectivity index (χ0n) is 11.0. The molecule has 1 aliphatic heterocycles. The molecule has 0 aromatic carbocycles. The van der Waals surface area contributed by atoms with Crippen LogP contribution in [0.1, 0.15) is 47.0 Å². The summed E-state index contributed by atoms with van der Waals surface area (Å²) in [6, 6.07) is 0. The van der Waals surface area contributed by atoms with E-state index in [0.717, 1.165) is 6.54 Å². The summed E-state index contributed by atoms with van der Waals surface area (Å²) in [5.41, 5.74) is 6.58. The number of rotatable bonds is 4. The van der Waals surface area contributed by atoms with Crippen LogP contribution in [-0.4, -0.2) is 31.1 Å². The minimum atomic E-state index is 0.307. The van der Waals surface area contributed by atoms with Gasteiger partial charge in [0, 0.05) is 6.54 Å². The van der Waals surface area contributed by atoms with Crippen molar-refractivity contribution in [3.05, 3.63) is 0 Å². The van der Waals surface area contributed by atoms with Gasteiger partial charge < -0.3 is 10.6 Å². The second-order valence-corrected chi connectivity index (χ2v) is 6.66. The smallest absolute Gasteiger partial charge is 0.00327 e. The van der Waals surface area contributed by atoms with E-state index in [-0.39, 0.29) is 0 Å². The summed E-state index contributed by atoms with van der Waals surface area (Å²) in [6.07, 6.45) is 3.96. The van der Waals surface area contributed by atoms with Gasteiger partial charge in [0.25, 0.3) is 0 Å². The Morgan fingerprint density at radius 3 is 2.53 bits per heavy atom. The van der Waals surface area contributed by atoms with Crippen molar-refractivity contribution in [3.8, 4) is 0 Å². The lowest BCUT2D eigenvalue weighted by atomic mass is 9.83. The Balaban J connectivity index is 2.33. The Morgan fingerprint density at radius 2 is 2.00 bits per heavy atom. The molecule has 0 aromatic heterocycles. The predicted octanol–water partition coefficient (Wildman–Crippen LogP) is 2.48. The van der Waals surface area contributed by atoms with E-state index in [1.54, 1.807) is 0 Å². The molecule has 0 radical (unpaired) electrons. The molecule has 1 aliphatic rings. The molecule has 0 aromatic rings. The van der Waals surface area contributed by atoms with Gasteiger partial charge in [-0.2, -0.15) is 0 Å². The Bertz CT molecular complexity index is 197. The zero-order chi connectivity index (χ0) is 11.5. The third kappa shape index (κ3) is 4.52. The summed E-state index contributed by atoms with van der Waals surface area (Å²) in [5.74, 6) is 0. The SMILES string of the molecule is CC(C)(CN)CCN1CCCC(C)(C)C1. The van der Waals surface area contributed by atoms with E-state index in [1.807, 2.05) is 0 Å². The molecule has 1 saturated heterocycles. The molecule has 2 heteroatoms. The second kappa shape index (κ2) is 4.84. The number of nitrogens with two attached hydrogens (primary N) is 1. The monoisotopic (exact) mass is 212 g/mol. The predicted molar refractivity (Wildman–Crippen MR) is 66.9 cm³/mol. The van der Waals surface area contributed by atoms with Crippen LogP contribution in [0.2, 0.25) is 0 Å². The lowest BCUT2D eigenvalue weighted by Gasteiger charge is -2.39. The van der Waals surface area contributed by atoms with Gasteiger partial charge in [0.05, 0.1) is 0 Å². The topological polar surface area (TPSA) is 29.3 Å². The molecule has 0 amide bonds. The highest BCUT2D eigenvalue weighted by Gasteiger charge is 2.27. The largest absolute Gasteiger partial charge is 0.330 e. The maximum Gasteiger partial charge on any atom is 0.00327 e. The Labute approximate surface area is 95.2 Å². The van der Waals surface area contributed by atoms with E-state index >= 15 is 0 Å². The first kappa shape index (κ1) is 13.0. The highest BCUT2D eigenvalue weighted by Crippen LogP contribution is 2.29. The first-order valence-corrected chi connectivity index (χ1v) is 6.27. The summed E-state index contributed by atoms with van der Waals surface area (Å²) in [4.78, 5) is 2.61. The van der Waals surface area contributed by atoms with Crippen LogP contribution in [0.4, 0.5) is 0 Å². The number of piperidine rings is 1. The van der Waals surface area contributed by atoms with Crippen molar-refractivity contribution in [2.24, 2.45) is 16.6 Å². The average molecular weight is 212 g/mol. The van der Waals surface area contributed by atoms with Crippen LogP contribution in [0.25, 0.3) is 0 Å².